The number of rotatable bonds is 3. The van der Waals surface area contributed by atoms with Crippen LogP contribution in [0, 0.1) is 11.8 Å². The maximum Gasteiger partial charge on any atom is 0.228 e. The molecular formula is C18H27N3O. The molecule has 22 heavy (non-hydrogen) atoms. The van der Waals surface area contributed by atoms with E-state index in [1.165, 1.54) is 37.8 Å². The van der Waals surface area contributed by atoms with Gasteiger partial charge >= 0.3 is 0 Å². The predicted octanol–water partition coefficient (Wildman–Crippen LogP) is 3.84. The molecule has 1 aliphatic heterocycles. The molecule has 2 fully saturated rings. The molecule has 2 aliphatic rings. The van der Waals surface area contributed by atoms with Gasteiger partial charge in [0.2, 0.25) is 5.91 Å². The summed E-state index contributed by atoms with van der Waals surface area (Å²) in [7, 11) is 0. The Kier molecular flexibility index (Phi) is 4.96. The molecule has 0 unspecified atom stereocenters. The predicted molar refractivity (Wildman–Crippen MR) is 90.1 cm³/mol. The molecule has 1 aliphatic carbocycles. The van der Waals surface area contributed by atoms with Crippen LogP contribution in [0.15, 0.2) is 18.3 Å². The van der Waals surface area contributed by atoms with E-state index < -0.39 is 0 Å². The lowest BCUT2D eigenvalue weighted by atomic mass is 9.89. The van der Waals surface area contributed by atoms with Crippen molar-refractivity contribution in [3.63, 3.8) is 0 Å². The number of carbonyl (C=O) groups is 1. The second-order valence-corrected chi connectivity index (χ2v) is 6.90. The Labute approximate surface area is 133 Å². The van der Waals surface area contributed by atoms with E-state index in [2.05, 4.69) is 28.2 Å². The minimum absolute atomic E-state index is 0.145. The van der Waals surface area contributed by atoms with Gasteiger partial charge in [0, 0.05) is 19.0 Å². The summed E-state index contributed by atoms with van der Waals surface area (Å²) < 4.78 is 0. The number of pyridine rings is 1. The smallest absolute Gasteiger partial charge is 0.228 e. The molecule has 1 saturated carbocycles. The zero-order chi connectivity index (χ0) is 15.4. The first-order valence-electron chi connectivity index (χ1n) is 8.74. The molecule has 1 amide bonds. The molecule has 0 atom stereocenters. The zero-order valence-electron chi connectivity index (χ0n) is 13.6. The summed E-state index contributed by atoms with van der Waals surface area (Å²) in [4.78, 5) is 19.1. The quantitative estimate of drug-likeness (QED) is 0.922. The third-order valence-electron chi connectivity index (χ3n) is 5.12. The van der Waals surface area contributed by atoms with Gasteiger partial charge in [0.25, 0.3) is 0 Å². The molecule has 3 rings (SSSR count). The van der Waals surface area contributed by atoms with Crippen molar-refractivity contribution in [2.75, 3.05) is 23.3 Å². The number of amides is 1. The Morgan fingerprint density at radius 1 is 1.14 bits per heavy atom. The van der Waals surface area contributed by atoms with E-state index in [1.807, 2.05) is 12.3 Å². The highest BCUT2D eigenvalue weighted by atomic mass is 16.1. The SMILES string of the molecule is CC1CCN(c2ccc(NC(=O)C3CCCCC3)nc2)CC1. The van der Waals surface area contributed by atoms with Crippen LogP contribution in [-0.2, 0) is 4.79 Å². The maximum absolute atomic E-state index is 12.2. The third kappa shape index (κ3) is 3.79. The van der Waals surface area contributed by atoms with E-state index in [-0.39, 0.29) is 11.8 Å². The van der Waals surface area contributed by atoms with Crippen LogP contribution < -0.4 is 10.2 Å². The van der Waals surface area contributed by atoms with Gasteiger partial charge in [-0.1, -0.05) is 26.2 Å². The summed E-state index contributed by atoms with van der Waals surface area (Å²) in [5.41, 5.74) is 1.17. The number of hydrogen-bond donors (Lipinski definition) is 1. The van der Waals surface area contributed by atoms with Gasteiger partial charge in [-0.3, -0.25) is 4.79 Å². The Hall–Kier alpha value is -1.58. The molecule has 120 valence electrons. The zero-order valence-corrected chi connectivity index (χ0v) is 13.6. The molecule has 0 bridgehead atoms. The number of aromatic nitrogens is 1. The molecule has 4 heteroatoms. The maximum atomic E-state index is 12.2. The van der Waals surface area contributed by atoms with E-state index >= 15 is 0 Å². The molecule has 4 nitrogen and oxygen atoms in total. The van der Waals surface area contributed by atoms with Crippen LogP contribution in [-0.4, -0.2) is 24.0 Å². The fraction of sp³-hybridized carbons (Fsp3) is 0.667. The van der Waals surface area contributed by atoms with E-state index in [1.54, 1.807) is 0 Å². The van der Waals surface area contributed by atoms with Crippen LogP contribution >= 0.6 is 0 Å². The number of nitrogens with one attached hydrogen (secondary N) is 1. The fourth-order valence-electron chi connectivity index (χ4n) is 3.51. The van der Waals surface area contributed by atoms with Crippen LogP contribution in [0.5, 0.6) is 0 Å². The van der Waals surface area contributed by atoms with Crippen LogP contribution in [0.2, 0.25) is 0 Å². The van der Waals surface area contributed by atoms with Gasteiger partial charge in [-0.2, -0.15) is 0 Å². The van der Waals surface area contributed by atoms with Gasteiger partial charge in [-0.25, -0.2) is 4.98 Å². The minimum Gasteiger partial charge on any atom is -0.370 e. The number of anilines is 2. The van der Waals surface area contributed by atoms with Crippen LogP contribution in [0.25, 0.3) is 0 Å². The second-order valence-electron chi connectivity index (χ2n) is 6.90. The lowest BCUT2D eigenvalue weighted by Gasteiger charge is -2.31. The van der Waals surface area contributed by atoms with Crippen molar-refractivity contribution in [1.82, 2.24) is 4.98 Å². The van der Waals surface area contributed by atoms with Crippen LogP contribution in [0.4, 0.5) is 11.5 Å². The lowest BCUT2D eigenvalue weighted by Crippen LogP contribution is -2.32. The Bertz CT molecular complexity index is 486. The molecule has 1 aromatic heterocycles. The highest BCUT2D eigenvalue weighted by Gasteiger charge is 2.21. The summed E-state index contributed by atoms with van der Waals surface area (Å²) in [6, 6.07) is 4.02. The van der Waals surface area contributed by atoms with Gasteiger partial charge in [-0.05, 0) is 43.7 Å². The number of hydrogen-bond acceptors (Lipinski definition) is 3. The molecule has 1 saturated heterocycles. The average molecular weight is 301 g/mol. The highest BCUT2D eigenvalue weighted by molar-refractivity contribution is 5.91. The van der Waals surface area contributed by atoms with E-state index in [9.17, 15) is 4.79 Å². The Morgan fingerprint density at radius 2 is 1.86 bits per heavy atom. The van der Waals surface area contributed by atoms with Gasteiger partial charge in [0.15, 0.2) is 0 Å². The standard InChI is InChI=1S/C18H27N3O/c1-14-9-11-21(12-10-14)16-7-8-17(19-13-16)20-18(22)15-5-3-2-4-6-15/h7-8,13-15H,2-6,9-12H2,1H3,(H,19,20,22). The van der Waals surface area contributed by atoms with Crippen LogP contribution in [0.1, 0.15) is 51.9 Å². The third-order valence-corrected chi connectivity index (χ3v) is 5.12. The van der Waals surface area contributed by atoms with Gasteiger partial charge in [-0.15, -0.1) is 0 Å². The first-order valence-corrected chi connectivity index (χ1v) is 8.74. The largest absolute Gasteiger partial charge is 0.370 e. The molecule has 0 radical (unpaired) electrons. The van der Waals surface area contributed by atoms with Crippen molar-refractivity contribution in [2.24, 2.45) is 11.8 Å². The monoisotopic (exact) mass is 301 g/mol. The molecule has 0 spiro atoms. The normalized spacial score (nSPS) is 20.9. The number of piperidine rings is 1. The van der Waals surface area contributed by atoms with Crippen molar-refractivity contribution in [1.29, 1.82) is 0 Å². The van der Waals surface area contributed by atoms with Gasteiger partial charge < -0.3 is 10.2 Å². The number of carbonyl (C=O) groups excluding carboxylic acids is 1. The summed E-state index contributed by atoms with van der Waals surface area (Å²) in [5, 5.41) is 2.98. The van der Waals surface area contributed by atoms with Crippen molar-refractivity contribution >= 4 is 17.4 Å². The average Bonchev–Trinajstić information content (AvgIpc) is 2.57. The van der Waals surface area contributed by atoms with Crippen molar-refractivity contribution in [3.05, 3.63) is 18.3 Å². The first kappa shape index (κ1) is 15.3. The van der Waals surface area contributed by atoms with Gasteiger partial charge in [0.05, 0.1) is 11.9 Å². The first-order chi connectivity index (χ1) is 10.7. The molecule has 1 aromatic rings. The highest BCUT2D eigenvalue weighted by Crippen LogP contribution is 2.26. The number of nitrogens with zero attached hydrogens (tertiary/aromatic N) is 2. The summed E-state index contributed by atoms with van der Waals surface area (Å²) in [6.45, 7) is 4.53. The van der Waals surface area contributed by atoms with E-state index in [0.29, 0.717) is 5.82 Å². The fourth-order valence-corrected chi connectivity index (χ4v) is 3.51. The van der Waals surface area contributed by atoms with E-state index in [4.69, 9.17) is 0 Å². The Balaban J connectivity index is 1.56. The molecule has 1 N–H and O–H groups in total. The van der Waals surface area contributed by atoms with E-state index in [0.717, 1.165) is 31.8 Å². The summed E-state index contributed by atoms with van der Waals surface area (Å²) >= 11 is 0. The Morgan fingerprint density at radius 3 is 2.50 bits per heavy atom. The molecule has 2 heterocycles. The van der Waals surface area contributed by atoms with Crippen molar-refractivity contribution in [2.45, 2.75) is 51.9 Å². The second kappa shape index (κ2) is 7.12. The van der Waals surface area contributed by atoms with Crippen LogP contribution in [0.3, 0.4) is 0 Å². The topological polar surface area (TPSA) is 45.2 Å². The summed E-state index contributed by atoms with van der Waals surface area (Å²) in [6.07, 6.45) is 10.1. The summed E-state index contributed by atoms with van der Waals surface area (Å²) in [5.74, 6) is 1.84. The molecule has 0 aromatic carbocycles. The molecular weight excluding hydrogens is 274 g/mol. The van der Waals surface area contributed by atoms with Crippen molar-refractivity contribution in [3.8, 4) is 0 Å². The minimum atomic E-state index is 0.145. The lowest BCUT2D eigenvalue weighted by molar-refractivity contribution is -0.120. The van der Waals surface area contributed by atoms with Gasteiger partial charge in [0.1, 0.15) is 5.82 Å². The van der Waals surface area contributed by atoms with Crippen molar-refractivity contribution < 1.29 is 4.79 Å².